The molecule has 2 amide bonds. The van der Waals surface area contributed by atoms with Crippen molar-refractivity contribution in [2.45, 2.75) is 110 Å². The Kier molecular flexibility index (Phi) is 14.1. The van der Waals surface area contributed by atoms with Gasteiger partial charge in [0.1, 0.15) is 12.1 Å². The number of imidazole rings is 1. The van der Waals surface area contributed by atoms with E-state index in [0.29, 0.717) is 18.5 Å². The van der Waals surface area contributed by atoms with Crippen LogP contribution in [0.2, 0.25) is 0 Å². The summed E-state index contributed by atoms with van der Waals surface area (Å²) in [4.78, 5) is 43.7. The predicted molar refractivity (Wildman–Crippen MR) is 125 cm³/mol. The fourth-order valence-electron chi connectivity index (χ4n) is 3.65. The van der Waals surface area contributed by atoms with Crippen molar-refractivity contribution in [3.05, 3.63) is 18.2 Å². The molecule has 4 N–H and O–H groups in total. The first kappa shape index (κ1) is 27.7. The van der Waals surface area contributed by atoms with E-state index in [1.165, 1.54) is 44.9 Å². The number of hydrogen-bond donors (Lipinski definition) is 4. The Morgan fingerprint density at radius 2 is 1.59 bits per heavy atom. The van der Waals surface area contributed by atoms with Gasteiger partial charge in [0, 0.05) is 24.7 Å². The number of rotatable bonds is 18. The second kappa shape index (κ2) is 16.3. The molecule has 0 saturated carbocycles. The molecule has 0 spiro atoms. The lowest BCUT2D eigenvalue weighted by Gasteiger charge is -2.22. The summed E-state index contributed by atoms with van der Waals surface area (Å²) in [5.74, 6) is -1.64. The van der Waals surface area contributed by atoms with Crippen molar-refractivity contribution in [3.63, 3.8) is 0 Å². The zero-order valence-electron chi connectivity index (χ0n) is 20.0. The maximum absolute atomic E-state index is 12.8. The van der Waals surface area contributed by atoms with Gasteiger partial charge >= 0.3 is 5.97 Å². The molecule has 0 saturated heterocycles. The highest BCUT2D eigenvalue weighted by Gasteiger charge is 2.27. The smallest absolute Gasteiger partial charge is 0.326 e. The summed E-state index contributed by atoms with van der Waals surface area (Å²) < 4.78 is 0. The van der Waals surface area contributed by atoms with Crippen LogP contribution in [0.1, 0.15) is 97.1 Å². The van der Waals surface area contributed by atoms with Gasteiger partial charge in [-0.05, 0) is 18.8 Å². The van der Waals surface area contributed by atoms with Gasteiger partial charge in [0.15, 0.2) is 0 Å². The van der Waals surface area contributed by atoms with Crippen LogP contribution in [0.15, 0.2) is 12.5 Å². The van der Waals surface area contributed by atoms with E-state index in [1.807, 2.05) is 13.8 Å². The van der Waals surface area contributed by atoms with E-state index in [9.17, 15) is 19.5 Å². The van der Waals surface area contributed by atoms with Crippen LogP contribution in [0.3, 0.4) is 0 Å². The zero-order valence-corrected chi connectivity index (χ0v) is 20.0. The summed E-state index contributed by atoms with van der Waals surface area (Å²) >= 11 is 0. The number of carbonyl (C=O) groups excluding carboxylic acids is 2. The number of carboxylic acids is 1. The highest BCUT2D eigenvalue weighted by Crippen LogP contribution is 2.11. The Morgan fingerprint density at radius 1 is 0.969 bits per heavy atom. The second-order valence-corrected chi connectivity index (χ2v) is 9.01. The number of H-pyrrole nitrogens is 1. The normalized spacial score (nSPS) is 13.0. The van der Waals surface area contributed by atoms with Crippen LogP contribution in [0.25, 0.3) is 0 Å². The second-order valence-electron chi connectivity index (χ2n) is 9.01. The maximum atomic E-state index is 12.8. The minimum absolute atomic E-state index is 0.115. The zero-order chi connectivity index (χ0) is 23.8. The van der Waals surface area contributed by atoms with E-state index in [1.54, 1.807) is 6.20 Å². The molecule has 8 heteroatoms. The Hall–Kier alpha value is -2.38. The number of aromatic amines is 1. The van der Waals surface area contributed by atoms with Gasteiger partial charge in [-0.15, -0.1) is 0 Å². The quantitative estimate of drug-likeness (QED) is 0.252. The minimum atomic E-state index is -1.08. The molecule has 0 aromatic carbocycles. The van der Waals surface area contributed by atoms with Crippen molar-refractivity contribution in [1.29, 1.82) is 0 Å². The number of amides is 2. The average molecular weight is 451 g/mol. The largest absolute Gasteiger partial charge is 0.480 e. The highest BCUT2D eigenvalue weighted by atomic mass is 16.4. The van der Waals surface area contributed by atoms with Gasteiger partial charge < -0.3 is 20.7 Å². The third-order valence-corrected chi connectivity index (χ3v) is 5.46. The lowest BCUT2D eigenvalue weighted by molar-refractivity contribution is -0.142. The molecular weight excluding hydrogens is 408 g/mol. The predicted octanol–water partition coefficient (Wildman–Crippen LogP) is 3.97. The first-order valence-electron chi connectivity index (χ1n) is 12.1. The molecule has 0 aliphatic rings. The monoisotopic (exact) mass is 450 g/mol. The van der Waals surface area contributed by atoms with Crippen LogP contribution in [0.4, 0.5) is 0 Å². The molecule has 1 heterocycles. The van der Waals surface area contributed by atoms with Crippen molar-refractivity contribution in [1.82, 2.24) is 20.6 Å². The van der Waals surface area contributed by atoms with Gasteiger partial charge in [0.25, 0.3) is 0 Å². The number of aliphatic carboxylic acids is 1. The van der Waals surface area contributed by atoms with E-state index >= 15 is 0 Å². The number of nitrogens with zero attached hydrogens (tertiary/aromatic N) is 1. The van der Waals surface area contributed by atoms with Gasteiger partial charge in [0.05, 0.1) is 6.33 Å². The van der Waals surface area contributed by atoms with E-state index in [0.717, 1.165) is 19.3 Å². The molecular formula is C24H42N4O4. The number of unbranched alkanes of at least 4 members (excludes halogenated alkanes) is 8. The fraction of sp³-hybridized carbons (Fsp3) is 0.750. The molecule has 0 aliphatic heterocycles. The van der Waals surface area contributed by atoms with Crippen molar-refractivity contribution >= 4 is 17.8 Å². The Bertz CT molecular complexity index is 661. The summed E-state index contributed by atoms with van der Waals surface area (Å²) in [6.07, 6.45) is 14.5. The molecule has 182 valence electrons. The van der Waals surface area contributed by atoms with E-state index in [4.69, 9.17) is 0 Å². The Balaban J connectivity index is 2.49. The third kappa shape index (κ3) is 12.5. The van der Waals surface area contributed by atoms with Gasteiger partial charge in [-0.25, -0.2) is 9.78 Å². The molecule has 0 aliphatic carbocycles. The molecule has 32 heavy (non-hydrogen) atoms. The molecule has 1 aromatic rings. The lowest BCUT2D eigenvalue weighted by Crippen LogP contribution is -2.52. The SMILES string of the molecule is CCCCCCCCCCCC(=O)N[C@@H](Cc1cnc[nH]1)C(=O)N[C@@H](CC(C)C)C(=O)O. The van der Waals surface area contributed by atoms with Crippen LogP contribution in [-0.4, -0.2) is 44.9 Å². The standard InChI is InChI=1S/C24H42N4O4/c1-4-5-6-7-8-9-10-11-12-13-22(29)27-20(15-19-16-25-17-26-19)23(30)28-21(24(31)32)14-18(2)3/h16-18,20-21H,4-15H2,1-3H3,(H,25,26)(H,27,29)(H,28,30)(H,31,32)/t20-,21-/m0/s1. The number of carbonyl (C=O) groups is 3. The van der Waals surface area contributed by atoms with Crippen molar-refractivity contribution in [2.75, 3.05) is 0 Å². The van der Waals surface area contributed by atoms with Crippen LogP contribution >= 0.6 is 0 Å². The van der Waals surface area contributed by atoms with Gasteiger partial charge in [0.2, 0.25) is 11.8 Å². The van der Waals surface area contributed by atoms with Crippen LogP contribution in [-0.2, 0) is 20.8 Å². The highest BCUT2D eigenvalue weighted by molar-refractivity contribution is 5.90. The summed E-state index contributed by atoms with van der Waals surface area (Å²) in [6, 6.07) is -1.84. The van der Waals surface area contributed by atoms with Crippen LogP contribution in [0.5, 0.6) is 0 Å². The average Bonchev–Trinajstić information content (AvgIpc) is 3.24. The molecule has 8 nitrogen and oxygen atoms in total. The van der Waals surface area contributed by atoms with Crippen molar-refractivity contribution in [3.8, 4) is 0 Å². The fourth-order valence-corrected chi connectivity index (χ4v) is 3.65. The maximum Gasteiger partial charge on any atom is 0.326 e. The van der Waals surface area contributed by atoms with Crippen molar-refractivity contribution < 1.29 is 19.5 Å². The molecule has 2 atom stereocenters. The number of nitrogens with one attached hydrogen (secondary N) is 3. The number of hydrogen-bond acceptors (Lipinski definition) is 4. The van der Waals surface area contributed by atoms with E-state index in [2.05, 4.69) is 27.5 Å². The van der Waals surface area contributed by atoms with E-state index < -0.39 is 24.0 Å². The molecule has 0 radical (unpaired) electrons. The summed E-state index contributed by atoms with van der Waals surface area (Å²) in [5.41, 5.74) is 0.698. The third-order valence-electron chi connectivity index (χ3n) is 5.46. The van der Waals surface area contributed by atoms with Crippen LogP contribution < -0.4 is 10.6 Å². The topological polar surface area (TPSA) is 124 Å². The molecule has 0 bridgehead atoms. The molecule has 1 aromatic heterocycles. The van der Waals surface area contributed by atoms with Crippen molar-refractivity contribution in [2.24, 2.45) is 5.92 Å². The summed E-state index contributed by atoms with van der Waals surface area (Å²) in [5, 5.41) is 14.8. The van der Waals surface area contributed by atoms with Crippen LogP contribution in [0, 0.1) is 5.92 Å². The summed E-state index contributed by atoms with van der Waals surface area (Å²) in [7, 11) is 0. The first-order valence-corrected chi connectivity index (χ1v) is 12.1. The van der Waals surface area contributed by atoms with E-state index in [-0.39, 0.29) is 18.2 Å². The minimum Gasteiger partial charge on any atom is -0.480 e. The Labute approximate surface area is 192 Å². The summed E-state index contributed by atoms with van der Waals surface area (Å²) in [6.45, 7) is 6.01. The number of aromatic nitrogens is 2. The van der Waals surface area contributed by atoms with Gasteiger partial charge in [-0.2, -0.15) is 0 Å². The first-order chi connectivity index (χ1) is 15.3. The molecule has 0 fully saturated rings. The number of carboxylic acid groups (broad SMARTS) is 1. The molecule has 1 rings (SSSR count). The lowest BCUT2D eigenvalue weighted by atomic mass is 10.0. The molecule has 0 unspecified atom stereocenters. The Morgan fingerprint density at radius 3 is 2.12 bits per heavy atom. The van der Waals surface area contributed by atoms with Gasteiger partial charge in [-0.1, -0.05) is 72.1 Å². The van der Waals surface area contributed by atoms with Gasteiger partial charge in [-0.3, -0.25) is 9.59 Å².